The molecule has 34 heavy (non-hydrogen) atoms. The fraction of sp³-hybridized carbons (Fsp3) is 0.310. The van der Waals surface area contributed by atoms with Crippen LogP contribution in [0.15, 0.2) is 79.1 Å². The first-order valence-electron chi connectivity index (χ1n) is 11.9. The van der Waals surface area contributed by atoms with Crippen LogP contribution in [0, 0.1) is 6.92 Å². The molecule has 1 aromatic heterocycles. The van der Waals surface area contributed by atoms with Crippen LogP contribution in [-0.4, -0.2) is 17.4 Å². The molecule has 3 N–H and O–H groups in total. The smallest absolute Gasteiger partial charge is 0.228 e. The van der Waals surface area contributed by atoms with Gasteiger partial charge >= 0.3 is 0 Å². The maximum absolute atomic E-state index is 12.5. The standard InChI is InChI=1S/C27H32N4O.C2H6/c1-6-28-23-13-9-21(10-14-23)18-26(32)31-24-15-11-22(12-16-24)27(4,5)20(3)30-25-8-7-17-29-19(25)2;1-2/h7-17,28,30H,3,6,18H2,1-2,4-5H3,(H,31,32);1-2H3. The zero-order valence-corrected chi connectivity index (χ0v) is 21.3. The van der Waals surface area contributed by atoms with Gasteiger partial charge in [-0.2, -0.15) is 0 Å². The maximum atomic E-state index is 12.5. The van der Waals surface area contributed by atoms with Gasteiger partial charge in [0.25, 0.3) is 0 Å². The van der Waals surface area contributed by atoms with E-state index in [2.05, 4.69) is 48.3 Å². The normalized spacial score (nSPS) is 10.5. The van der Waals surface area contributed by atoms with Crippen LogP contribution < -0.4 is 16.0 Å². The van der Waals surface area contributed by atoms with Crippen molar-refractivity contribution < 1.29 is 4.79 Å². The molecule has 0 aliphatic rings. The van der Waals surface area contributed by atoms with E-state index in [1.807, 2.05) is 81.4 Å². The topological polar surface area (TPSA) is 66.0 Å². The number of aryl methyl sites for hydroxylation is 1. The number of nitrogens with one attached hydrogen (secondary N) is 3. The Balaban J connectivity index is 0.00000199. The summed E-state index contributed by atoms with van der Waals surface area (Å²) in [6.45, 7) is 17.4. The molecule has 0 aliphatic carbocycles. The average Bonchev–Trinajstić information content (AvgIpc) is 2.83. The van der Waals surface area contributed by atoms with E-state index in [1.165, 1.54) is 0 Å². The lowest BCUT2D eigenvalue weighted by molar-refractivity contribution is -0.115. The highest BCUT2D eigenvalue weighted by Crippen LogP contribution is 2.32. The minimum Gasteiger partial charge on any atom is -0.385 e. The molecule has 0 unspecified atom stereocenters. The summed E-state index contributed by atoms with van der Waals surface area (Å²) in [5.41, 5.74) is 6.38. The molecule has 3 aromatic rings. The van der Waals surface area contributed by atoms with Gasteiger partial charge < -0.3 is 16.0 Å². The maximum Gasteiger partial charge on any atom is 0.228 e. The van der Waals surface area contributed by atoms with Crippen molar-refractivity contribution in [2.75, 3.05) is 22.5 Å². The van der Waals surface area contributed by atoms with Gasteiger partial charge in [0.1, 0.15) is 0 Å². The number of anilines is 3. The second kappa shape index (κ2) is 12.6. The van der Waals surface area contributed by atoms with Crippen molar-refractivity contribution in [2.45, 2.75) is 53.4 Å². The fourth-order valence-corrected chi connectivity index (χ4v) is 3.41. The monoisotopic (exact) mass is 458 g/mol. The van der Waals surface area contributed by atoms with Crippen LogP contribution in [0.5, 0.6) is 0 Å². The van der Waals surface area contributed by atoms with E-state index >= 15 is 0 Å². The predicted molar refractivity (Wildman–Crippen MR) is 145 cm³/mol. The molecule has 0 saturated heterocycles. The molecule has 2 aromatic carbocycles. The van der Waals surface area contributed by atoms with Crippen molar-refractivity contribution in [3.8, 4) is 0 Å². The summed E-state index contributed by atoms with van der Waals surface area (Å²) in [6, 6.07) is 19.8. The van der Waals surface area contributed by atoms with Crippen LogP contribution in [0.2, 0.25) is 0 Å². The lowest BCUT2D eigenvalue weighted by Crippen LogP contribution is -2.25. The summed E-state index contributed by atoms with van der Waals surface area (Å²) in [6.07, 6.45) is 2.12. The molecular weight excluding hydrogens is 420 g/mol. The summed E-state index contributed by atoms with van der Waals surface area (Å²) in [4.78, 5) is 16.8. The van der Waals surface area contributed by atoms with Crippen LogP contribution in [0.3, 0.4) is 0 Å². The molecule has 1 heterocycles. The Kier molecular flexibility index (Phi) is 9.87. The van der Waals surface area contributed by atoms with Crippen molar-refractivity contribution in [1.29, 1.82) is 0 Å². The Morgan fingerprint density at radius 3 is 2.15 bits per heavy atom. The summed E-state index contributed by atoms with van der Waals surface area (Å²) in [5, 5.41) is 9.64. The first-order valence-corrected chi connectivity index (χ1v) is 11.9. The molecular formula is C29H38N4O. The Morgan fingerprint density at radius 2 is 1.56 bits per heavy atom. The summed E-state index contributed by atoms with van der Waals surface area (Å²) in [7, 11) is 0. The van der Waals surface area contributed by atoms with Crippen molar-refractivity contribution in [3.05, 3.63) is 96.0 Å². The van der Waals surface area contributed by atoms with E-state index in [4.69, 9.17) is 0 Å². The highest BCUT2D eigenvalue weighted by atomic mass is 16.1. The van der Waals surface area contributed by atoms with Gasteiger partial charge in [0.05, 0.1) is 17.8 Å². The molecule has 180 valence electrons. The van der Waals surface area contributed by atoms with E-state index < -0.39 is 0 Å². The molecule has 1 amide bonds. The van der Waals surface area contributed by atoms with Gasteiger partial charge in [-0.05, 0) is 61.4 Å². The lowest BCUT2D eigenvalue weighted by Gasteiger charge is -2.29. The van der Waals surface area contributed by atoms with Crippen LogP contribution in [0.25, 0.3) is 0 Å². The molecule has 0 radical (unpaired) electrons. The van der Waals surface area contributed by atoms with E-state index in [-0.39, 0.29) is 11.3 Å². The van der Waals surface area contributed by atoms with Crippen molar-refractivity contribution in [2.24, 2.45) is 0 Å². The first-order chi connectivity index (χ1) is 16.3. The molecule has 0 saturated carbocycles. The van der Waals surface area contributed by atoms with Crippen molar-refractivity contribution >= 4 is 23.0 Å². The van der Waals surface area contributed by atoms with Gasteiger partial charge in [-0.3, -0.25) is 9.78 Å². The minimum atomic E-state index is -0.306. The highest BCUT2D eigenvalue weighted by molar-refractivity contribution is 5.92. The number of amides is 1. The predicted octanol–water partition coefficient (Wildman–Crippen LogP) is 6.93. The average molecular weight is 459 g/mol. The number of hydrogen-bond acceptors (Lipinski definition) is 4. The number of hydrogen-bond donors (Lipinski definition) is 3. The SMILES string of the molecule is C=C(Nc1cccnc1C)C(C)(C)c1ccc(NC(=O)Cc2ccc(NCC)cc2)cc1.CC. The third-order valence-electron chi connectivity index (χ3n) is 5.64. The number of carbonyl (C=O) groups is 1. The summed E-state index contributed by atoms with van der Waals surface area (Å²) < 4.78 is 0. The third-order valence-corrected chi connectivity index (χ3v) is 5.64. The lowest BCUT2D eigenvalue weighted by atomic mass is 9.81. The fourth-order valence-electron chi connectivity index (χ4n) is 3.41. The van der Waals surface area contributed by atoms with Crippen LogP contribution in [0.1, 0.15) is 51.4 Å². The summed E-state index contributed by atoms with van der Waals surface area (Å²) >= 11 is 0. The minimum absolute atomic E-state index is 0.0358. The number of carbonyl (C=O) groups excluding carboxylic acids is 1. The molecule has 5 heteroatoms. The highest BCUT2D eigenvalue weighted by Gasteiger charge is 2.25. The van der Waals surface area contributed by atoms with Gasteiger partial charge in [-0.15, -0.1) is 0 Å². The van der Waals surface area contributed by atoms with E-state index in [1.54, 1.807) is 6.20 Å². The summed E-state index contributed by atoms with van der Waals surface area (Å²) in [5.74, 6) is -0.0358. The number of benzene rings is 2. The molecule has 5 nitrogen and oxygen atoms in total. The Hall–Kier alpha value is -3.60. The molecule has 0 aliphatic heterocycles. The molecule has 3 rings (SSSR count). The van der Waals surface area contributed by atoms with Gasteiger partial charge in [0, 0.05) is 35.2 Å². The Labute approximate surface area is 204 Å². The molecule has 0 atom stereocenters. The number of nitrogens with zero attached hydrogens (tertiary/aromatic N) is 1. The number of aromatic nitrogens is 1. The molecule has 0 fully saturated rings. The van der Waals surface area contributed by atoms with Gasteiger partial charge in [0.15, 0.2) is 0 Å². The quantitative estimate of drug-likeness (QED) is 0.325. The second-order valence-electron chi connectivity index (χ2n) is 8.39. The van der Waals surface area contributed by atoms with Crippen LogP contribution in [0.4, 0.5) is 17.1 Å². The number of rotatable bonds is 9. The largest absolute Gasteiger partial charge is 0.385 e. The Bertz CT molecular complexity index is 1070. The Morgan fingerprint density at radius 1 is 0.941 bits per heavy atom. The molecule has 0 bridgehead atoms. The third kappa shape index (κ3) is 7.20. The number of allylic oxidation sites excluding steroid dienone is 1. The van der Waals surface area contributed by atoms with Gasteiger partial charge in [-0.1, -0.05) is 58.5 Å². The zero-order chi connectivity index (χ0) is 25.1. The zero-order valence-electron chi connectivity index (χ0n) is 21.3. The van der Waals surface area contributed by atoms with E-state index in [0.29, 0.717) is 6.42 Å². The second-order valence-corrected chi connectivity index (χ2v) is 8.39. The van der Waals surface area contributed by atoms with Crippen LogP contribution in [-0.2, 0) is 16.6 Å². The van der Waals surface area contributed by atoms with Crippen molar-refractivity contribution in [3.63, 3.8) is 0 Å². The van der Waals surface area contributed by atoms with Crippen molar-refractivity contribution in [1.82, 2.24) is 4.98 Å². The first kappa shape index (κ1) is 26.7. The molecule has 0 spiro atoms. The van der Waals surface area contributed by atoms with Gasteiger partial charge in [-0.25, -0.2) is 0 Å². The van der Waals surface area contributed by atoms with Crippen LogP contribution >= 0.6 is 0 Å². The van der Waals surface area contributed by atoms with E-state index in [0.717, 1.165) is 46.1 Å². The van der Waals surface area contributed by atoms with E-state index in [9.17, 15) is 4.79 Å². The van der Waals surface area contributed by atoms with Gasteiger partial charge in [0.2, 0.25) is 5.91 Å². The number of pyridine rings is 1.